The molecule has 3 fully saturated rings. The van der Waals surface area contributed by atoms with Crippen LogP contribution >= 0.6 is 0 Å². The van der Waals surface area contributed by atoms with E-state index < -0.39 is 0 Å². The van der Waals surface area contributed by atoms with Gasteiger partial charge in [-0.1, -0.05) is 0 Å². The molecule has 16 heavy (non-hydrogen) atoms. The van der Waals surface area contributed by atoms with E-state index in [4.69, 9.17) is 4.74 Å². The van der Waals surface area contributed by atoms with E-state index in [1.807, 2.05) is 4.90 Å². The molecule has 0 N–H and O–H groups in total. The molecule has 3 aliphatic rings. The van der Waals surface area contributed by atoms with Crippen molar-refractivity contribution in [2.24, 2.45) is 11.3 Å². The topological polar surface area (TPSA) is 32.8 Å². The van der Waals surface area contributed by atoms with Gasteiger partial charge in [-0.2, -0.15) is 0 Å². The third-order valence-corrected chi connectivity index (χ3v) is 4.24. The molecule has 0 aromatic rings. The maximum atomic E-state index is 12.1. The van der Waals surface area contributed by atoms with Crippen molar-refractivity contribution in [2.45, 2.75) is 12.8 Å². The van der Waals surface area contributed by atoms with Crippen LogP contribution in [0.15, 0.2) is 0 Å². The second-order valence-corrected chi connectivity index (χ2v) is 5.72. The lowest BCUT2D eigenvalue weighted by Gasteiger charge is -2.58. The second-order valence-electron chi connectivity index (χ2n) is 5.72. The van der Waals surface area contributed by atoms with Gasteiger partial charge in [0.15, 0.2) is 0 Å². The largest absolute Gasteiger partial charge is 0.378 e. The van der Waals surface area contributed by atoms with Gasteiger partial charge in [0.05, 0.1) is 13.2 Å². The van der Waals surface area contributed by atoms with E-state index >= 15 is 0 Å². The van der Waals surface area contributed by atoms with Gasteiger partial charge in [0, 0.05) is 32.1 Å². The lowest BCUT2D eigenvalue weighted by Crippen LogP contribution is -2.63. The lowest BCUT2D eigenvalue weighted by molar-refractivity contribution is -0.156. The van der Waals surface area contributed by atoms with Gasteiger partial charge in [0.2, 0.25) is 5.91 Å². The first-order valence-electron chi connectivity index (χ1n) is 6.24. The predicted molar refractivity (Wildman–Crippen MR) is 60.1 cm³/mol. The van der Waals surface area contributed by atoms with Gasteiger partial charge in [0.1, 0.15) is 0 Å². The number of rotatable bonds is 1. The fraction of sp³-hybridized carbons (Fsp3) is 0.917. The highest BCUT2D eigenvalue weighted by atomic mass is 16.5. The molecule has 90 valence electrons. The van der Waals surface area contributed by atoms with Crippen LogP contribution in [0.3, 0.4) is 0 Å². The predicted octanol–water partition coefficient (Wildman–Crippen LogP) is 0.187. The van der Waals surface area contributed by atoms with Crippen LogP contribution in [0.2, 0.25) is 0 Å². The van der Waals surface area contributed by atoms with Crippen LogP contribution in [0.25, 0.3) is 0 Å². The summed E-state index contributed by atoms with van der Waals surface area (Å²) in [7, 11) is 2.16. The Morgan fingerprint density at radius 3 is 2.44 bits per heavy atom. The van der Waals surface area contributed by atoms with Gasteiger partial charge in [-0.3, -0.25) is 4.79 Å². The molecule has 1 aliphatic carbocycles. The van der Waals surface area contributed by atoms with E-state index in [1.165, 1.54) is 13.1 Å². The average molecular weight is 224 g/mol. The molecule has 1 spiro atoms. The Balaban J connectivity index is 1.50. The summed E-state index contributed by atoms with van der Waals surface area (Å²) in [6, 6.07) is 0. The summed E-state index contributed by atoms with van der Waals surface area (Å²) in [6.07, 6.45) is 2.24. The van der Waals surface area contributed by atoms with Crippen molar-refractivity contribution < 1.29 is 9.53 Å². The molecule has 0 radical (unpaired) electrons. The van der Waals surface area contributed by atoms with Gasteiger partial charge in [0.25, 0.3) is 0 Å². The average Bonchev–Trinajstić information content (AvgIpc) is 2.22. The summed E-state index contributed by atoms with van der Waals surface area (Å²) >= 11 is 0. The van der Waals surface area contributed by atoms with E-state index in [0.717, 1.165) is 25.9 Å². The first-order chi connectivity index (χ1) is 7.69. The zero-order valence-electron chi connectivity index (χ0n) is 9.95. The maximum Gasteiger partial charge on any atom is 0.225 e. The van der Waals surface area contributed by atoms with Crippen molar-refractivity contribution >= 4 is 5.91 Å². The SMILES string of the molecule is CN1CC2(CC(C(=O)N3CCOCC3)C2)C1. The van der Waals surface area contributed by atoms with Crippen molar-refractivity contribution in [2.75, 3.05) is 46.4 Å². The molecule has 0 aromatic carbocycles. The maximum absolute atomic E-state index is 12.1. The highest BCUT2D eigenvalue weighted by Crippen LogP contribution is 2.51. The first-order valence-corrected chi connectivity index (χ1v) is 6.24. The minimum Gasteiger partial charge on any atom is -0.378 e. The number of carbonyl (C=O) groups excluding carboxylic acids is 1. The molecule has 0 atom stereocenters. The molecular weight excluding hydrogens is 204 g/mol. The third-order valence-electron chi connectivity index (χ3n) is 4.24. The standard InChI is InChI=1S/C12H20N2O2/c1-13-8-12(9-13)6-10(7-12)11(15)14-2-4-16-5-3-14/h10H,2-9H2,1H3. The molecule has 2 heterocycles. The van der Waals surface area contributed by atoms with E-state index in [-0.39, 0.29) is 0 Å². The zero-order chi connectivity index (χ0) is 11.2. The number of amides is 1. The molecule has 4 heteroatoms. The number of hydrogen-bond donors (Lipinski definition) is 0. The normalized spacial score (nSPS) is 29.9. The zero-order valence-corrected chi connectivity index (χ0v) is 9.95. The fourth-order valence-electron chi connectivity index (χ4n) is 3.56. The number of hydrogen-bond acceptors (Lipinski definition) is 3. The first kappa shape index (κ1) is 10.5. The number of morpholine rings is 1. The Morgan fingerprint density at radius 1 is 1.25 bits per heavy atom. The number of likely N-dealkylation sites (tertiary alicyclic amines) is 1. The van der Waals surface area contributed by atoms with Crippen LogP contribution in [-0.4, -0.2) is 62.1 Å². The van der Waals surface area contributed by atoms with Crippen LogP contribution in [0.4, 0.5) is 0 Å². The molecule has 2 saturated heterocycles. The summed E-state index contributed by atoms with van der Waals surface area (Å²) < 4.78 is 5.27. The summed E-state index contributed by atoms with van der Waals surface area (Å²) in [5.74, 6) is 0.690. The molecule has 1 saturated carbocycles. The third kappa shape index (κ3) is 1.64. The Labute approximate surface area is 96.5 Å². The van der Waals surface area contributed by atoms with Crippen LogP contribution in [0.5, 0.6) is 0 Å². The highest BCUT2D eigenvalue weighted by molar-refractivity contribution is 5.80. The monoisotopic (exact) mass is 224 g/mol. The summed E-state index contributed by atoms with van der Waals surface area (Å²) in [4.78, 5) is 16.5. The summed E-state index contributed by atoms with van der Waals surface area (Å²) in [6.45, 7) is 5.41. The molecule has 4 nitrogen and oxygen atoms in total. The van der Waals surface area contributed by atoms with Crippen molar-refractivity contribution in [1.29, 1.82) is 0 Å². The van der Waals surface area contributed by atoms with E-state index in [9.17, 15) is 4.79 Å². The van der Waals surface area contributed by atoms with Gasteiger partial charge in [-0.25, -0.2) is 0 Å². The Kier molecular flexibility index (Phi) is 2.44. The van der Waals surface area contributed by atoms with Crippen LogP contribution in [0.1, 0.15) is 12.8 Å². The fourth-order valence-corrected chi connectivity index (χ4v) is 3.56. The lowest BCUT2D eigenvalue weighted by atomic mass is 9.57. The smallest absolute Gasteiger partial charge is 0.225 e. The molecule has 0 bridgehead atoms. The Hall–Kier alpha value is -0.610. The highest BCUT2D eigenvalue weighted by Gasteiger charge is 2.53. The number of nitrogens with zero attached hydrogens (tertiary/aromatic N) is 2. The summed E-state index contributed by atoms with van der Waals surface area (Å²) in [5, 5.41) is 0. The van der Waals surface area contributed by atoms with Crippen molar-refractivity contribution in [3.8, 4) is 0 Å². The van der Waals surface area contributed by atoms with Crippen LogP contribution < -0.4 is 0 Å². The van der Waals surface area contributed by atoms with E-state index in [1.54, 1.807) is 0 Å². The quantitative estimate of drug-likeness (QED) is 0.637. The molecule has 0 unspecified atom stereocenters. The second kappa shape index (κ2) is 3.70. The van der Waals surface area contributed by atoms with Crippen molar-refractivity contribution in [3.63, 3.8) is 0 Å². The Morgan fingerprint density at radius 2 is 1.88 bits per heavy atom. The molecule has 1 amide bonds. The van der Waals surface area contributed by atoms with E-state index in [0.29, 0.717) is 30.5 Å². The van der Waals surface area contributed by atoms with Crippen LogP contribution in [-0.2, 0) is 9.53 Å². The molecule has 0 aromatic heterocycles. The van der Waals surface area contributed by atoms with Gasteiger partial charge >= 0.3 is 0 Å². The van der Waals surface area contributed by atoms with Crippen LogP contribution in [0, 0.1) is 11.3 Å². The van der Waals surface area contributed by atoms with E-state index in [2.05, 4.69) is 11.9 Å². The van der Waals surface area contributed by atoms with Gasteiger partial charge in [-0.05, 0) is 25.3 Å². The number of ether oxygens (including phenoxy) is 1. The number of carbonyl (C=O) groups is 1. The molecule has 3 rings (SSSR count). The van der Waals surface area contributed by atoms with Crippen molar-refractivity contribution in [3.05, 3.63) is 0 Å². The van der Waals surface area contributed by atoms with Gasteiger partial charge in [-0.15, -0.1) is 0 Å². The van der Waals surface area contributed by atoms with Crippen molar-refractivity contribution in [1.82, 2.24) is 9.80 Å². The minimum absolute atomic E-state index is 0.312. The summed E-state index contributed by atoms with van der Waals surface area (Å²) in [5.41, 5.74) is 0.515. The molecule has 2 aliphatic heterocycles. The molecular formula is C12H20N2O2. The minimum atomic E-state index is 0.312. The Bertz CT molecular complexity index is 285. The van der Waals surface area contributed by atoms with Gasteiger partial charge < -0.3 is 14.5 Å².